The Morgan fingerprint density at radius 1 is 1.16 bits per heavy atom. The van der Waals surface area contributed by atoms with Crippen molar-refractivity contribution in [3.8, 4) is 0 Å². The van der Waals surface area contributed by atoms with Gasteiger partial charge < -0.3 is 5.32 Å². The van der Waals surface area contributed by atoms with Crippen LogP contribution in [0.1, 0.15) is 22.6 Å². The summed E-state index contributed by atoms with van der Waals surface area (Å²) in [4.78, 5) is 10.5. The Labute approximate surface area is 111 Å². The first kappa shape index (κ1) is 11.9. The lowest BCUT2D eigenvalue weighted by molar-refractivity contribution is -0.384. The molecule has 0 bridgehead atoms. The molecule has 0 saturated heterocycles. The van der Waals surface area contributed by atoms with E-state index in [9.17, 15) is 10.1 Å². The van der Waals surface area contributed by atoms with Crippen molar-refractivity contribution in [3.63, 3.8) is 0 Å². The zero-order valence-corrected chi connectivity index (χ0v) is 10.4. The van der Waals surface area contributed by atoms with Crippen molar-refractivity contribution < 1.29 is 4.92 Å². The van der Waals surface area contributed by atoms with Crippen LogP contribution in [0, 0.1) is 10.1 Å². The molecule has 1 atom stereocenters. The second-order valence-electron chi connectivity index (χ2n) is 4.73. The summed E-state index contributed by atoms with van der Waals surface area (Å²) < 4.78 is 0. The number of hydrogen-bond acceptors (Lipinski definition) is 3. The van der Waals surface area contributed by atoms with Gasteiger partial charge in [-0.1, -0.05) is 36.4 Å². The highest BCUT2D eigenvalue weighted by Crippen LogP contribution is 2.31. The first-order chi connectivity index (χ1) is 9.25. The van der Waals surface area contributed by atoms with Gasteiger partial charge in [0, 0.05) is 31.1 Å². The average Bonchev–Trinajstić information content (AvgIpc) is 2.47. The molecule has 0 aromatic heterocycles. The Morgan fingerprint density at radius 3 is 2.84 bits per heavy atom. The van der Waals surface area contributed by atoms with Crippen molar-refractivity contribution in [2.75, 3.05) is 6.54 Å². The molecule has 19 heavy (non-hydrogen) atoms. The molecule has 0 spiro atoms. The fourth-order valence-electron chi connectivity index (χ4n) is 2.65. The molecule has 0 radical (unpaired) electrons. The number of benzene rings is 2. The molecule has 1 aliphatic rings. The van der Waals surface area contributed by atoms with Gasteiger partial charge in [-0.2, -0.15) is 0 Å². The van der Waals surface area contributed by atoms with E-state index >= 15 is 0 Å². The molecule has 1 unspecified atom stereocenters. The standard InChI is InChI=1S/C15H14N2O2/c18-17(19)13-6-3-5-11(8-13)15-10-16-9-12-4-1-2-7-14(12)15/h1-8,15-16H,9-10H2. The van der Waals surface area contributed by atoms with Crippen LogP contribution in [0.5, 0.6) is 0 Å². The zero-order chi connectivity index (χ0) is 13.2. The Bertz CT molecular complexity index is 625. The first-order valence-corrected chi connectivity index (χ1v) is 6.28. The summed E-state index contributed by atoms with van der Waals surface area (Å²) in [6.07, 6.45) is 0. The number of hydrogen-bond donors (Lipinski definition) is 1. The van der Waals surface area contributed by atoms with Crippen LogP contribution in [0.4, 0.5) is 5.69 Å². The van der Waals surface area contributed by atoms with Crippen LogP contribution < -0.4 is 5.32 Å². The molecule has 4 nitrogen and oxygen atoms in total. The summed E-state index contributed by atoms with van der Waals surface area (Å²) >= 11 is 0. The van der Waals surface area contributed by atoms with E-state index in [0.717, 1.165) is 18.7 Å². The van der Waals surface area contributed by atoms with E-state index in [2.05, 4.69) is 17.4 Å². The Morgan fingerprint density at radius 2 is 2.00 bits per heavy atom. The number of nitrogens with one attached hydrogen (secondary N) is 1. The highest BCUT2D eigenvalue weighted by Gasteiger charge is 2.22. The van der Waals surface area contributed by atoms with Crippen LogP contribution in [-0.2, 0) is 6.54 Å². The quantitative estimate of drug-likeness (QED) is 0.662. The van der Waals surface area contributed by atoms with E-state index in [0.29, 0.717) is 0 Å². The van der Waals surface area contributed by atoms with Gasteiger partial charge in [-0.05, 0) is 16.7 Å². The van der Waals surface area contributed by atoms with Crippen molar-refractivity contribution in [1.29, 1.82) is 0 Å². The van der Waals surface area contributed by atoms with Gasteiger partial charge in [0.2, 0.25) is 0 Å². The number of rotatable bonds is 2. The van der Waals surface area contributed by atoms with E-state index in [1.54, 1.807) is 12.1 Å². The molecule has 0 saturated carbocycles. The number of nitro benzene ring substituents is 1. The molecule has 2 aromatic carbocycles. The molecule has 3 rings (SSSR count). The fourth-order valence-corrected chi connectivity index (χ4v) is 2.65. The minimum Gasteiger partial charge on any atom is -0.312 e. The van der Waals surface area contributed by atoms with E-state index in [1.807, 2.05) is 18.2 Å². The van der Waals surface area contributed by atoms with E-state index in [4.69, 9.17) is 0 Å². The molecule has 96 valence electrons. The van der Waals surface area contributed by atoms with Gasteiger partial charge >= 0.3 is 0 Å². The van der Waals surface area contributed by atoms with E-state index in [-0.39, 0.29) is 16.5 Å². The molecule has 0 fully saturated rings. The van der Waals surface area contributed by atoms with Gasteiger partial charge in [-0.15, -0.1) is 0 Å². The highest BCUT2D eigenvalue weighted by molar-refractivity contribution is 5.44. The largest absolute Gasteiger partial charge is 0.312 e. The number of non-ortho nitro benzene ring substituents is 1. The monoisotopic (exact) mass is 254 g/mol. The first-order valence-electron chi connectivity index (χ1n) is 6.28. The van der Waals surface area contributed by atoms with Gasteiger partial charge in [0.15, 0.2) is 0 Å². The van der Waals surface area contributed by atoms with Crippen molar-refractivity contribution in [1.82, 2.24) is 5.32 Å². The third-order valence-corrected chi connectivity index (χ3v) is 3.58. The molecule has 1 aliphatic heterocycles. The zero-order valence-electron chi connectivity index (χ0n) is 10.4. The minimum atomic E-state index is -0.342. The third kappa shape index (κ3) is 2.22. The number of nitro groups is 1. The molecular weight excluding hydrogens is 240 g/mol. The average molecular weight is 254 g/mol. The van der Waals surface area contributed by atoms with Crippen LogP contribution in [-0.4, -0.2) is 11.5 Å². The van der Waals surface area contributed by atoms with Crippen molar-refractivity contribution in [3.05, 3.63) is 75.3 Å². The summed E-state index contributed by atoms with van der Waals surface area (Å²) in [6, 6.07) is 15.2. The van der Waals surface area contributed by atoms with Crippen LogP contribution in [0.3, 0.4) is 0 Å². The molecular formula is C15H14N2O2. The van der Waals surface area contributed by atoms with Gasteiger partial charge in [-0.3, -0.25) is 10.1 Å². The molecule has 1 N–H and O–H groups in total. The smallest absolute Gasteiger partial charge is 0.269 e. The highest BCUT2D eigenvalue weighted by atomic mass is 16.6. The lowest BCUT2D eigenvalue weighted by Gasteiger charge is -2.26. The predicted octanol–water partition coefficient (Wildman–Crippen LogP) is 2.83. The topological polar surface area (TPSA) is 55.2 Å². The summed E-state index contributed by atoms with van der Waals surface area (Å²) in [5, 5.41) is 14.2. The molecule has 1 heterocycles. The molecule has 2 aromatic rings. The summed E-state index contributed by atoms with van der Waals surface area (Å²) in [7, 11) is 0. The van der Waals surface area contributed by atoms with Crippen molar-refractivity contribution in [2.45, 2.75) is 12.5 Å². The van der Waals surface area contributed by atoms with Crippen molar-refractivity contribution >= 4 is 5.69 Å². The maximum Gasteiger partial charge on any atom is 0.269 e. The minimum absolute atomic E-state index is 0.153. The summed E-state index contributed by atoms with van der Waals surface area (Å²) in [6.45, 7) is 1.68. The number of nitrogens with zero attached hydrogens (tertiary/aromatic N) is 1. The Kier molecular flexibility index (Phi) is 3.01. The maximum atomic E-state index is 10.9. The van der Waals surface area contributed by atoms with E-state index in [1.165, 1.54) is 17.2 Å². The Balaban J connectivity index is 2.04. The summed E-state index contributed by atoms with van der Waals surface area (Å²) in [5.74, 6) is 0.185. The lowest BCUT2D eigenvalue weighted by atomic mass is 9.85. The van der Waals surface area contributed by atoms with Gasteiger partial charge in [0.1, 0.15) is 0 Å². The van der Waals surface area contributed by atoms with Crippen LogP contribution in [0.15, 0.2) is 48.5 Å². The molecule has 0 aliphatic carbocycles. The SMILES string of the molecule is O=[N+]([O-])c1cccc(C2CNCc3ccccc32)c1. The van der Waals surface area contributed by atoms with Crippen LogP contribution >= 0.6 is 0 Å². The summed E-state index contributed by atoms with van der Waals surface area (Å²) in [5.41, 5.74) is 3.68. The second-order valence-corrected chi connectivity index (χ2v) is 4.73. The van der Waals surface area contributed by atoms with Gasteiger partial charge in [-0.25, -0.2) is 0 Å². The lowest BCUT2D eigenvalue weighted by Crippen LogP contribution is -2.28. The maximum absolute atomic E-state index is 10.9. The number of fused-ring (bicyclic) bond motifs is 1. The predicted molar refractivity (Wildman–Crippen MR) is 73.1 cm³/mol. The normalized spacial score (nSPS) is 17.8. The second kappa shape index (κ2) is 4.82. The fraction of sp³-hybridized carbons (Fsp3) is 0.200. The van der Waals surface area contributed by atoms with Crippen LogP contribution in [0.25, 0.3) is 0 Å². The van der Waals surface area contributed by atoms with Crippen molar-refractivity contribution in [2.24, 2.45) is 0 Å². The Hall–Kier alpha value is -2.20. The van der Waals surface area contributed by atoms with Gasteiger partial charge in [0.25, 0.3) is 5.69 Å². The molecule has 4 heteroatoms. The van der Waals surface area contributed by atoms with E-state index < -0.39 is 0 Å². The third-order valence-electron chi connectivity index (χ3n) is 3.58. The van der Waals surface area contributed by atoms with Gasteiger partial charge in [0.05, 0.1) is 4.92 Å². The van der Waals surface area contributed by atoms with Crippen LogP contribution in [0.2, 0.25) is 0 Å². The molecule has 0 amide bonds.